The van der Waals surface area contributed by atoms with Crippen molar-refractivity contribution in [3.05, 3.63) is 65.6 Å². The number of aryl methyl sites for hydroxylation is 1. The first-order chi connectivity index (χ1) is 20.0. The van der Waals surface area contributed by atoms with Crippen LogP contribution in [-0.4, -0.2) is 51.3 Å². The normalized spacial score (nSPS) is 12.9. The molecule has 3 aromatic heterocycles. The molecule has 42 heavy (non-hydrogen) atoms. The molecule has 2 unspecified atom stereocenters. The van der Waals surface area contributed by atoms with Crippen LogP contribution in [0.15, 0.2) is 48.9 Å². The summed E-state index contributed by atoms with van der Waals surface area (Å²) in [7, 11) is 0. The number of nitrogens with zero attached hydrogens (tertiary/aromatic N) is 4. The lowest BCUT2D eigenvalue weighted by atomic mass is 10.1. The van der Waals surface area contributed by atoms with Gasteiger partial charge >= 0.3 is 6.09 Å². The molecule has 218 valence electrons. The summed E-state index contributed by atoms with van der Waals surface area (Å²) in [6.07, 6.45) is -0.539. The number of rotatable bonds is 9. The van der Waals surface area contributed by atoms with Gasteiger partial charge < -0.3 is 14.2 Å². The van der Waals surface area contributed by atoms with Crippen LogP contribution in [-0.2, 0) is 4.74 Å². The van der Waals surface area contributed by atoms with Crippen molar-refractivity contribution in [2.24, 2.45) is 0 Å². The molecule has 0 aliphatic heterocycles. The topological polar surface area (TPSA) is 108 Å². The third-order valence-electron chi connectivity index (χ3n) is 6.07. The molecular weight excluding hydrogens is 595 g/mol. The highest BCUT2D eigenvalue weighted by atomic mass is 35.5. The van der Waals surface area contributed by atoms with Crippen LogP contribution in [0.4, 0.5) is 23.7 Å². The number of pyridine rings is 1. The van der Waals surface area contributed by atoms with E-state index in [9.17, 15) is 13.6 Å². The first kappa shape index (κ1) is 29.3. The number of halogens is 4. The lowest BCUT2D eigenvalue weighted by Gasteiger charge is -2.22. The van der Waals surface area contributed by atoms with Gasteiger partial charge in [-0.15, -0.1) is 11.3 Å². The third kappa shape index (κ3) is 6.80. The van der Waals surface area contributed by atoms with E-state index in [1.807, 2.05) is 0 Å². The first-order valence-electron chi connectivity index (χ1n) is 12.6. The lowest BCUT2D eigenvalue weighted by molar-refractivity contribution is 0.0402. The zero-order chi connectivity index (χ0) is 30.0. The molecule has 0 bridgehead atoms. The van der Waals surface area contributed by atoms with Gasteiger partial charge in [0.2, 0.25) is 0 Å². The number of hydrogen-bond acceptors (Lipinski definition) is 9. The van der Waals surface area contributed by atoms with Gasteiger partial charge in [0.05, 0.1) is 40.0 Å². The molecule has 9 nitrogen and oxygen atoms in total. The molecule has 3 heterocycles. The SMILES string of the molecule is Cc1ncc(NC(=O)OC(C)C(C)Oc2cc3sc(-c4cc(Cl)cc5cc(OCC(F)F)cnc45)nc3cc2F)cn1. The molecule has 14 heteroatoms. The number of aromatic nitrogens is 4. The molecule has 5 aromatic rings. The summed E-state index contributed by atoms with van der Waals surface area (Å²) in [5.74, 6) is 0.0539. The number of carbonyl (C=O) groups excluding carboxylic acids is 1. The minimum Gasteiger partial charge on any atom is -0.486 e. The van der Waals surface area contributed by atoms with Gasteiger partial charge in [0.25, 0.3) is 6.43 Å². The van der Waals surface area contributed by atoms with Gasteiger partial charge in [0.15, 0.2) is 11.6 Å². The van der Waals surface area contributed by atoms with E-state index in [-0.39, 0.29) is 11.5 Å². The Morgan fingerprint density at radius 3 is 2.55 bits per heavy atom. The Bertz CT molecular complexity index is 1760. The number of hydrogen-bond donors (Lipinski definition) is 1. The largest absolute Gasteiger partial charge is 0.486 e. The Hall–Kier alpha value is -4.23. The number of alkyl halides is 2. The smallest absolute Gasteiger partial charge is 0.412 e. The van der Waals surface area contributed by atoms with Crippen LogP contribution in [0.1, 0.15) is 19.7 Å². The maximum absolute atomic E-state index is 15.0. The van der Waals surface area contributed by atoms with Crippen LogP contribution >= 0.6 is 22.9 Å². The Morgan fingerprint density at radius 1 is 1.05 bits per heavy atom. The predicted octanol–water partition coefficient (Wildman–Crippen LogP) is 7.45. The Labute approximate surface area is 246 Å². The average Bonchev–Trinajstić information content (AvgIpc) is 3.35. The standard InChI is InChI=1S/C28H23ClF3N5O4S/c1-13(14(2)41-28(38)36-18-9-33-15(3)34-10-18)40-23-8-24-22(7-21(23)30)37-27(42-24)20-6-17(29)4-16-5-19(11-35-26(16)20)39-12-25(31)32/h4-11,13-14,25H,12H2,1-3H3,(H,36,38). The molecule has 0 saturated heterocycles. The Kier molecular flexibility index (Phi) is 8.59. The number of benzene rings is 2. The van der Waals surface area contributed by atoms with Crippen molar-refractivity contribution in [3.63, 3.8) is 0 Å². The van der Waals surface area contributed by atoms with Crippen molar-refractivity contribution >= 4 is 55.8 Å². The second kappa shape index (κ2) is 12.3. The third-order valence-corrected chi connectivity index (χ3v) is 7.34. The minimum atomic E-state index is -2.62. The van der Waals surface area contributed by atoms with Crippen LogP contribution in [0.3, 0.4) is 0 Å². The fourth-order valence-electron chi connectivity index (χ4n) is 3.89. The molecule has 0 aliphatic carbocycles. The maximum Gasteiger partial charge on any atom is 0.412 e. The van der Waals surface area contributed by atoms with Crippen LogP contribution in [0.2, 0.25) is 5.02 Å². The van der Waals surface area contributed by atoms with Crippen LogP contribution in [0.5, 0.6) is 11.5 Å². The van der Waals surface area contributed by atoms with Gasteiger partial charge in [-0.1, -0.05) is 11.6 Å². The molecule has 0 fully saturated rings. The van der Waals surface area contributed by atoms with Crippen LogP contribution in [0.25, 0.3) is 31.7 Å². The number of ether oxygens (including phenoxy) is 3. The fraction of sp³-hybridized carbons (Fsp3) is 0.250. The zero-order valence-corrected chi connectivity index (χ0v) is 24.0. The molecular formula is C28H23ClF3N5O4S. The van der Waals surface area contributed by atoms with Crippen LogP contribution in [0, 0.1) is 12.7 Å². The molecule has 5 rings (SSSR count). The summed E-state index contributed by atoms with van der Waals surface area (Å²) < 4.78 is 57.0. The lowest BCUT2D eigenvalue weighted by Crippen LogP contribution is -2.32. The molecule has 1 N–H and O–H groups in total. The Morgan fingerprint density at radius 2 is 1.81 bits per heavy atom. The minimum absolute atomic E-state index is 0.0390. The Balaban J connectivity index is 1.33. The van der Waals surface area contributed by atoms with Gasteiger partial charge in [-0.25, -0.2) is 32.9 Å². The number of amides is 1. The van der Waals surface area contributed by atoms with Gasteiger partial charge in [-0.3, -0.25) is 10.3 Å². The predicted molar refractivity (Wildman–Crippen MR) is 153 cm³/mol. The molecule has 2 atom stereocenters. The highest BCUT2D eigenvalue weighted by Crippen LogP contribution is 2.38. The number of nitrogens with one attached hydrogen (secondary N) is 1. The van der Waals surface area contributed by atoms with E-state index >= 15 is 4.39 Å². The molecule has 0 spiro atoms. The zero-order valence-electron chi connectivity index (χ0n) is 22.4. The van der Waals surface area contributed by atoms with Gasteiger partial charge in [0, 0.05) is 28.1 Å². The summed E-state index contributed by atoms with van der Waals surface area (Å²) in [6, 6.07) is 7.66. The second-order valence-corrected chi connectivity index (χ2v) is 10.7. The van der Waals surface area contributed by atoms with Gasteiger partial charge in [-0.2, -0.15) is 0 Å². The quantitative estimate of drug-likeness (QED) is 0.182. The number of carbonyl (C=O) groups is 1. The highest BCUT2D eigenvalue weighted by Gasteiger charge is 2.22. The van der Waals surface area contributed by atoms with E-state index in [0.29, 0.717) is 48.2 Å². The summed E-state index contributed by atoms with van der Waals surface area (Å²) in [4.78, 5) is 29.2. The van der Waals surface area contributed by atoms with Crippen molar-refractivity contribution in [2.45, 2.75) is 39.4 Å². The van der Waals surface area contributed by atoms with Crippen molar-refractivity contribution in [3.8, 4) is 22.1 Å². The monoisotopic (exact) mass is 617 g/mol. The second-order valence-electron chi connectivity index (χ2n) is 9.24. The van der Waals surface area contributed by atoms with E-state index in [4.69, 9.17) is 25.8 Å². The van der Waals surface area contributed by atoms with E-state index in [0.717, 1.165) is 0 Å². The summed E-state index contributed by atoms with van der Waals surface area (Å²) in [5, 5.41) is 3.99. The van der Waals surface area contributed by atoms with Crippen LogP contribution < -0.4 is 14.8 Å². The van der Waals surface area contributed by atoms with Crippen molar-refractivity contribution < 1.29 is 32.2 Å². The molecule has 0 saturated carbocycles. The maximum atomic E-state index is 15.0. The number of fused-ring (bicyclic) bond motifs is 2. The van der Waals surface area contributed by atoms with E-state index in [1.54, 1.807) is 39.0 Å². The number of thiazole rings is 1. The number of anilines is 1. The first-order valence-corrected chi connectivity index (χ1v) is 13.8. The van der Waals surface area contributed by atoms with E-state index in [2.05, 4.69) is 25.3 Å². The molecule has 0 aliphatic rings. The molecule has 2 aromatic carbocycles. The van der Waals surface area contributed by atoms with Gasteiger partial charge in [0.1, 0.15) is 35.4 Å². The van der Waals surface area contributed by atoms with Crippen molar-refractivity contribution in [2.75, 3.05) is 11.9 Å². The summed E-state index contributed by atoms with van der Waals surface area (Å²) >= 11 is 7.61. The van der Waals surface area contributed by atoms with Crippen molar-refractivity contribution in [1.82, 2.24) is 19.9 Å². The van der Waals surface area contributed by atoms with E-state index < -0.39 is 37.2 Å². The average molecular weight is 618 g/mol. The summed E-state index contributed by atoms with van der Waals surface area (Å²) in [5.41, 5.74) is 1.87. The fourth-order valence-corrected chi connectivity index (χ4v) is 5.11. The summed E-state index contributed by atoms with van der Waals surface area (Å²) in [6.45, 7) is 4.24. The van der Waals surface area contributed by atoms with Gasteiger partial charge in [-0.05, 0) is 39.0 Å². The molecule has 0 radical (unpaired) electrons. The van der Waals surface area contributed by atoms with E-state index in [1.165, 1.54) is 42.1 Å². The van der Waals surface area contributed by atoms with Crippen molar-refractivity contribution in [1.29, 1.82) is 0 Å². The highest BCUT2D eigenvalue weighted by molar-refractivity contribution is 7.21. The molecule has 1 amide bonds.